The Labute approximate surface area is 96.2 Å². The zero-order chi connectivity index (χ0) is 13.1. The number of nitrogens with zero attached hydrogens (tertiary/aromatic N) is 2. The maximum Gasteiger partial charge on any atom is 0.450 e. The van der Waals surface area contributed by atoms with Gasteiger partial charge in [-0.25, -0.2) is 0 Å². The van der Waals surface area contributed by atoms with Crippen molar-refractivity contribution in [2.45, 2.75) is 39.3 Å². The van der Waals surface area contributed by atoms with Crippen LogP contribution in [0.2, 0.25) is 0 Å². The van der Waals surface area contributed by atoms with E-state index >= 15 is 0 Å². The minimum Gasteiger partial charge on any atom is -0.339 e. The van der Waals surface area contributed by atoms with Gasteiger partial charge in [-0.3, -0.25) is 4.79 Å². The van der Waals surface area contributed by atoms with Gasteiger partial charge in [-0.1, -0.05) is 19.0 Å². The third-order valence-electron chi connectivity index (χ3n) is 2.08. The molecule has 1 heterocycles. The van der Waals surface area contributed by atoms with Gasteiger partial charge in [-0.2, -0.15) is 18.2 Å². The SMILES string of the molecule is CC(C)CCc1noc(CC(=O)C(F)(F)F)n1. The Bertz CT molecular complexity index is 385. The fourth-order valence-electron chi connectivity index (χ4n) is 1.12. The number of halogens is 3. The van der Waals surface area contributed by atoms with E-state index < -0.39 is 18.4 Å². The monoisotopic (exact) mass is 250 g/mol. The Morgan fingerprint density at radius 2 is 2.06 bits per heavy atom. The molecule has 0 saturated heterocycles. The van der Waals surface area contributed by atoms with E-state index in [9.17, 15) is 18.0 Å². The summed E-state index contributed by atoms with van der Waals surface area (Å²) in [7, 11) is 0. The molecule has 0 aliphatic rings. The number of carbonyl (C=O) groups is 1. The van der Waals surface area contributed by atoms with Gasteiger partial charge >= 0.3 is 6.18 Å². The lowest BCUT2D eigenvalue weighted by molar-refractivity contribution is -0.170. The van der Waals surface area contributed by atoms with Crippen molar-refractivity contribution in [3.05, 3.63) is 11.7 Å². The van der Waals surface area contributed by atoms with Crippen molar-refractivity contribution in [1.29, 1.82) is 0 Å². The third-order valence-corrected chi connectivity index (χ3v) is 2.08. The van der Waals surface area contributed by atoms with Gasteiger partial charge in [-0.05, 0) is 12.3 Å². The average molecular weight is 250 g/mol. The van der Waals surface area contributed by atoms with Crippen LogP contribution >= 0.6 is 0 Å². The second kappa shape index (κ2) is 5.29. The van der Waals surface area contributed by atoms with Crippen LogP contribution in [-0.2, 0) is 17.6 Å². The number of alkyl halides is 3. The van der Waals surface area contributed by atoms with E-state index in [1.807, 2.05) is 13.8 Å². The maximum absolute atomic E-state index is 12.0. The first-order valence-corrected chi connectivity index (χ1v) is 5.20. The number of hydrogen-bond donors (Lipinski definition) is 0. The van der Waals surface area contributed by atoms with Gasteiger partial charge < -0.3 is 4.52 Å². The first-order valence-electron chi connectivity index (χ1n) is 5.20. The molecule has 4 nitrogen and oxygen atoms in total. The van der Waals surface area contributed by atoms with Gasteiger partial charge in [-0.15, -0.1) is 0 Å². The Morgan fingerprint density at radius 1 is 1.41 bits per heavy atom. The van der Waals surface area contributed by atoms with Crippen LogP contribution < -0.4 is 0 Å². The smallest absolute Gasteiger partial charge is 0.339 e. The normalized spacial score (nSPS) is 12.1. The fourth-order valence-corrected chi connectivity index (χ4v) is 1.12. The summed E-state index contributed by atoms with van der Waals surface area (Å²) < 4.78 is 40.4. The number of carbonyl (C=O) groups excluding carboxylic acids is 1. The maximum atomic E-state index is 12.0. The van der Waals surface area contributed by atoms with Gasteiger partial charge in [0.05, 0.1) is 6.42 Å². The molecular weight excluding hydrogens is 237 g/mol. The number of ketones is 1. The molecule has 0 N–H and O–H groups in total. The Hall–Kier alpha value is -1.40. The fraction of sp³-hybridized carbons (Fsp3) is 0.700. The molecule has 7 heteroatoms. The summed E-state index contributed by atoms with van der Waals surface area (Å²) >= 11 is 0. The predicted molar refractivity (Wildman–Crippen MR) is 52.2 cm³/mol. The second-order valence-corrected chi connectivity index (χ2v) is 4.13. The summed E-state index contributed by atoms with van der Waals surface area (Å²) in [6, 6.07) is 0. The van der Waals surface area contributed by atoms with Crippen LogP contribution in [0.3, 0.4) is 0 Å². The first-order chi connectivity index (χ1) is 7.79. The van der Waals surface area contributed by atoms with Gasteiger partial charge in [0.2, 0.25) is 11.7 Å². The summed E-state index contributed by atoms with van der Waals surface area (Å²) in [5.41, 5.74) is 0. The van der Waals surface area contributed by atoms with Crippen molar-refractivity contribution in [2.75, 3.05) is 0 Å². The summed E-state index contributed by atoms with van der Waals surface area (Å²) in [6.45, 7) is 4.02. The van der Waals surface area contributed by atoms with Crippen molar-refractivity contribution >= 4 is 5.78 Å². The number of rotatable bonds is 5. The molecule has 96 valence electrons. The van der Waals surface area contributed by atoms with E-state index in [0.29, 0.717) is 18.2 Å². The summed E-state index contributed by atoms with van der Waals surface area (Å²) in [4.78, 5) is 14.4. The zero-order valence-electron chi connectivity index (χ0n) is 9.54. The molecule has 0 amide bonds. The number of hydrogen-bond acceptors (Lipinski definition) is 4. The lowest BCUT2D eigenvalue weighted by Crippen LogP contribution is -2.24. The third kappa shape index (κ3) is 4.54. The molecule has 0 unspecified atom stereocenters. The summed E-state index contributed by atoms with van der Waals surface area (Å²) in [5.74, 6) is -1.39. The van der Waals surface area contributed by atoms with Crippen LogP contribution in [0.15, 0.2) is 4.52 Å². The summed E-state index contributed by atoms with van der Waals surface area (Å²) in [6.07, 6.45) is -4.40. The largest absolute Gasteiger partial charge is 0.450 e. The highest BCUT2D eigenvalue weighted by Crippen LogP contribution is 2.18. The molecule has 0 fully saturated rings. The topological polar surface area (TPSA) is 56.0 Å². The zero-order valence-corrected chi connectivity index (χ0v) is 9.54. The lowest BCUT2D eigenvalue weighted by Gasteiger charge is -2.01. The van der Waals surface area contributed by atoms with E-state index in [1.165, 1.54) is 0 Å². The molecule has 0 atom stereocenters. The highest BCUT2D eigenvalue weighted by molar-refractivity contribution is 5.85. The first kappa shape index (κ1) is 13.7. The molecule has 0 spiro atoms. The number of aryl methyl sites for hydroxylation is 1. The van der Waals surface area contributed by atoms with E-state index in [1.54, 1.807) is 0 Å². The molecule has 0 aliphatic carbocycles. The van der Waals surface area contributed by atoms with Crippen molar-refractivity contribution in [2.24, 2.45) is 5.92 Å². The molecule has 1 aromatic heterocycles. The number of Topliss-reactive ketones (excluding diaryl/α,β-unsaturated/α-hetero) is 1. The predicted octanol–water partition coefficient (Wildman–Crippen LogP) is 2.33. The van der Waals surface area contributed by atoms with Gasteiger partial charge in [0, 0.05) is 6.42 Å². The van der Waals surface area contributed by atoms with Gasteiger partial charge in [0.1, 0.15) is 0 Å². The standard InChI is InChI=1S/C10H13F3N2O2/c1-6(2)3-4-8-14-9(17-15-8)5-7(16)10(11,12)13/h6H,3-5H2,1-2H3. The minimum absolute atomic E-state index is 0.286. The van der Waals surface area contributed by atoms with Crippen LogP contribution in [-0.4, -0.2) is 22.1 Å². The van der Waals surface area contributed by atoms with E-state index in [4.69, 9.17) is 0 Å². The minimum atomic E-state index is -4.85. The molecule has 1 rings (SSSR count). The highest BCUT2D eigenvalue weighted by Gasteiger charge is 2.39. The van der Waals surface area contributed by atoms with Crippen LogP contribution in [0.1, 0.15) is 32.0 Å². The van der Waals surface area contributed by atoms with Crippen molar-refractivity contribution < 1.29 is 22.5 Å². The van der Waals surface area contributed by atoms with Crippen molar-refractivity contribution in [3.8, 4) is 0 Å². The van der Waals surface area contributed by atoms with Crippen molar-refractivity contribution in [3.63, 3.8) is 0 Å². The molecule has 1 aromatic rings. The Morgan fingerprint density at radius 3 is 2.59 bits per heavy atom. The number of aromatic nitrogens is 2. The quantitative estimate of drug-likeness (QED) is 0.804. The molecule has 17 heavy (non-hydrogen) atoms. The highest BCUT2D eigenvalue weighted by atomic mass is 19.4. The van der Waals surface area contributed by atoms with E-state index in [-0.39, 0.29) is 5.89 Å². The molecule has 0 bridgehead atoms. The lowest BCUT2D eigenvalue weighted by atomic mass is 10.1. The van der Waals surface area contributed by atoms with Crippen LogP contribution in [0.25, 0.3) is 0 Å². The second-order valence-electron chi connectivity index (χ2n) is 4.13. The molecule has 0 aromatic carbocycles. The molecule has 0 aliphatic heterocycles. The van der Waals surface area contributed by atoms with Crippen LogP contribution in [0.5, 0.6) is 0 Å². The van der Waals surface area contributed by atoms with E-state index in [0.717, 1.165) is 6.42 Å². The molecular formula is C10H13F3N2O2. The van der Waals surface area contributed by atoms with Gasteiger partial charge in [0.15, 0.2) is 5.82 Å². The summed E-state index contributed by atoms with van der Waals surface area (Å²) in [5, 5.41) is 3.52. The van der Waals surface area contributed by atoms with E-state index in [2.05, 4.69) is 14.7 Å². The van der Waals surface area contributed by atoms with Gasteiger partial charge in [0.25, 0.3) is 0 Å². The molecule has 0 radical (unpaired) electrons. The Kier molecular flexibility index (Phi) is 4.25. The molecule has 0 saturated carbocycles. The van der Waals surface area contributed by atoms with Crippen LogP contribution in [0, 0.1) is 5.92 Å². The van der Waals surface area contributed by atoms with Crippen molar-refractivity contribution in [1.82, 2.24) is 10.1 Å². The van der Waals surface area contributed by atoms with Crippen LogP contribution in [0.4, 0.5) is 13.2 Å². The Balaban J connectivity index is 2.54. The average Bonchev–Trinajstić information content (AvgIpc) is 2.61.